The van der Waals surface area contributed by atoms with Crippen LogP contribution in [-0.2, 0) is 9.59 Å². The van der Waals surface area contributed by atoms with Crippen LogP contribution in [0.4, 0.5) is 5.69 Å². The van der Waals surface area contributed by atoms with Gasteiger partial charge in [0.2, 0.25) is 11.8 Å². The standard InChI is InChI=1S/C18H29N3O4/c1-7-21(12-17(23)20-18(2,3)4)11-16(22)19-14-9-8-13(24-5)10-15(14)25-6/h8-10H,7,11-12H2,1-6H3,(H,19,22)(H,20,23). The van der Waals surface area contributed by atoms with Crippen molar-refractivity contribution in [1.82, 2.24) is 10.2 Å². The van der Waals surface area contributed by atoms with Crippen LogP contribution in [0.5, 0.6) is 11.5 Å². The van der Waals surface area contributed by atoms with Gasteiger partial charge in [0.1, 0.15) is 11.5 Å². The van der Waals surface area contributed by atoms with Gasteiger partial charge < -0.3 is 20.1 Å². The van der Waals surface area contributed by atoms with Crippen molar-refractivity contribution in [2.45, 2.75) is 33.2 Å². The highest BCUT2D eigenvalue weighted by atomic mass is 16.5. The monoisotopic (exact) mass is 351 g/mol. The summed E-state index contributed by atoms with van der Waals surface area (Å²) in [6, 6.07) is 5.16. The van der Waals surface area contributed by atoms with Crippen molar-refractivity contribution in [1.29, 1.82) is 0 Å². The van der Waals surface area contributed by atoms with Gasteiger partial charge in [0.25, 0.3) is 0 Å². The predicted molar refractivity (Wildman–Crippen MR) is 98.2 cm³/mol. The first-order chi connectivity index (χ1) is 11.7. The third-order valence-corrected chi connectivity index (χ3v) is 3.38. The second-order valence-electron chi connectivity index (χ2n) is 6.72. The summed E-state index contributed by atoms with van der Waals surface area (Å²) in [6.45, 7) is 8.54. The fourth-order valence-corrected chi connectivity index (χ4v) is 2.23. The molecule has 0 radical (unpaired) electrons. The highest BCUT2D eigenvalue weighted by molar-refractivity contribution is 5.94. The number of amides is 2. The molecule has 7 nitrogen and oxygen atoms in total. The smallest absolute Gasteiger partial charge is 0.238 e. The van der Waals surface area contributed by atoms with Crippen LogP contribution in [0.3, 0.4) is 0 Å². The van der Waals surface area contributed by atoms with Crippen LogP contribution in [0, 0.1) is 0 Å². The van der Waals surface area contributed by atoms with E-state index < -0.39 is 0 Å². The molecule has 0 aliphatic carbocycles. The van der Waals surface area contributed by atoms with E-state index in [2.05, 4.69) is 10.6 Å². The van der Waals surface area contributed by atoms with E-state index in [0.717, 1.165) is 0 Å². The molecule has 140 valence electrons. The lowest BCUT2D eigenvalue weighted by Gasteiger charge is -2.24. The van der Waals surface area contributed by atoms with Gasteiger partial charge in [0.15, 0.2) is 0 Å². The van der Waals surface area contributed by atoms with Crippen molar-refractivity contribution >= 4 is 17.5 Å². The van der Waals surface area contributed by atoms with Crippen LogP contribution in [0.25, 0.3) is 0 Å². The zero-order valence-corrected chi connectivity index (χ0v) is 15.9. The second-order valence-corrected chi connectivity index (χ2v) is 6.72. The Morgan fingerprint density at radius 2 is 1.72 bits per heavy atom. The van der Waals surface area contributed by atoms with Gasteiger partial charge in [-0.1, -0.05) is 6.92 Å². The molecule has 0 heterocycles. The molecule has 0 fully saturated rings. The van der Waals surface area contributed by atoms with E-state index >= 15 is 0 Å². The van der Waals surface area contributed by atoms with E-state index in [1.54, 1.807) is 30.2 Å². The predicted octanol–water partition coefficient (Wildman–Crippen LogP) is 1.88. The maximum atomic E-state index is 12.3. The number of rotatable bonds is 8. The molecule has 0 bridgehead atoms. The lowest BCUT2D eigenvalue weighted by atomic mass is 10.1. The van der Waals surface area contributed by atoms with Crippen LogP contribution >= 0.6 is 0 Å². The first kappa shape index (κ1) is 20.8. The van der Waals surface area contributed by atoms with Gasteiger partial charge in [-0.05, 0) is 39.4 Å². The number of nitrogens with one attached hydrogen (secondary N) is 2. The van der Waals surface area contributed by atoms with E-state index in [-0.39, 0.29) is 30.4 Å². The van der Waals surface area contributed by atoms with Crippen LogP contribution < -0.4 is 20.1 Å². The third-order valence-electron chi connectivity index (χ3n) is 3.38. The zero-order chi connectivity index (χ0) is 19.0. The topological polar surface area (TPSA) is 79.9 Å². The third kappa shape index (κ3) is 7.43. The SMILES string of the molecule is CCN(CC(=O)Nc1ccc(OC)cc1OC)CC(=O)NC(C)(C)C. The molecule has 0 aromatic heterocycles. The van der Waals surface area contributed by atoms with Gasteiger partial charge in [-0.25, -0.2) is 0 Å². The van der Waals surface area contributed by atoms with Gasteiger partial charge in [-0.15, -0.1) is 0 Å². The fourth-order valence-electron chi connectivity index (χ4n) is 2.23. The van der Waals surface area contributed by atoms with E-state index in [1.807, 2.05) is 27.7 Å². The van der Waals surface area contributed by atoms with Crippen molar-refractivity contribution in [2.24, 2.45) is 0 Å². The number of methoxy groups -OCH3 is 2. The van der Waals surface area contributed by atoms with E-state index in [0.29, 0.717) is 23.7 Å². The van der Waals surface area contributed by atoms with Crippen molar-refractivity contribution in [2.75, 3.05) is 39.2 Å². The van der Waals surface area contributed by atoms with Gasteiger partial charge in [-0.2, -0.15) is 0 Å². The molecule has 0 unspecified atom stereocenters. The van der Waals surface area contributed by atoms with E-state index in [4.69, 9.17) is 9.47 Å². The quantitative estimate of drug-likeness (QED) is 0.747. The number of anilines is 1. The Bertz CT molecular complexity index is 596. The molecule has 2 amide bonds. The highest BCUT2D eigenvalue weighted by Gasteiger charge is 2.18. The first-order valence-corrected chi connectivity index (χ1v) is 8.23. The van der Waals surface area contributed by atoms with Crippen molar-refractivity contribution in [3.63, 3.8) is 0 Å². The Morgan fingerprint density at radius 3 is 2.24 bits per heavy atom. The largest absolute Gasteiger partial charge is 0.497 e. The summed E-state index contributed by atoms with van der Waals surface area (Å²) in [5.41, 5.74) is 0.262. The molecule has 25 heavy (non-hydrogen) atoms. The number of carbonyl (C=O) groups is 2. The van der Waals surface area contributed by atoms with Gasteiger partial charge in [0.05, 0.1) is 33.0 Å². The number of likely N-dealkylation sites (N-methyl/N-ethyl adjacent to an activating group) is 1. The molecule has 0 aliphatic heterocycles. The summed E-state index contributed by atoms with van der Waals surface area (Å²) in [6.07, 6.45) is 0. The van der Waals surface area contributed by atoms with E-state index in [1.165, 1.54) is 7.11 Å². The summed E-state index contributed by atoms with van der Waals surface area (Å²) in [4.78, 5) is 26.1. The normalized spacial score (nSPS) is 11.2. The second kappa shape index (κ2) is 9.27. The Morgan fingerprint density at radius 1 is 1.08 bits per heavy atom. The highest BCUT2D eigenvalue weighted by Crippen LogP contribution is 2.28. The van der Waals surface area contributed by atoms with Crippen LogP contribution in [0.2, 0.25) is 0 Å². The molecular weight excluding hydrogens is 322 g/mol. The van der Waals surface area contributed by atoms with Crippen LogP contribution in [-0.4, -0.2) is 56.1 Å². The lowest BCUT2D eigenvalue weighted by molar-refractivity contribution is -0.124. The van der Waals surface area contributed by atoms with E-state index in [9.17, 15) is 9.59 Å². The number of ether oxygens (including phenoxy) is 2. The summed E-state index contributed by atoms with van der Waals surface area (Å²) in [5, 5.41) is 5.70. The summed E-state index contributed by atoms with van der Waals surface area (Å²) < 4.78 is 10.4. The Balaban J connectivity index is 2.66. The zero-order valence-electron chi connectivity index (χ0n) is 15.9. The Hall–Kier alpha value is -2.28. The van der Waals surface area contributed by atoms with Crippen LogP contribution in [0.15, 0.2) is 18.2 Å². The number of benzene rings is 1. The number of carbonyl (C=O) groups excluding carboxylic acids is 2. The average molecular weight is 351 g/mol. The molecule has 1 aromatic rings. The fraction of sp³-hybridized carbons (Fsp3) is 0.556. The Labute approximate surface area is 149 Å². The molecule has 0 saturated heterocycles. The number of nitrogens with zero attached hydrogens (tertiary/aromatic N) is 1. The van der Waals surface area contributed by atoms with Crippen molar-refractivity contribution in [3.8, 4) is 11.5 Å². The molecule has 0 aliphatic rings. The molecular formula is C18H29N3O4. The van der Waals surface area contributed by atoms with Crippen LogP contribution in [0.1, 0.15) is 27.7 Å². The van der Waals surface area contributed by atoms with Gasteiger partial charge >= 0.3 is 0 Å². The van der Waals surface area contributed by atoms with Crippen molar-refractivity contribution < 1.29 is 19.1 Å². The minimum absolute atomic E-state index is 0.107. The lowest BCUT2D eigenvalue weighted by Crippen LogP contribution is -2.47. The summed E-state index contributed by atoms with van der Waals surface area (Å²) in [5.74, 6) is 0.836. The molecule has 0 atom stereocenters. The molecule has 0 spiro atoms. The number of hydrogen-bond donors (Lipinski definition) is 2. The first-order valence-electron chi connectivity index (χ1n) is 8.23. The molecule has 2 N–H and O–H groups in total. The van der Waals surface area contributed by atoms with Gasteiger partial charge in [-0.3, -0.25) is 14.5 Å². The Kier molecular flexibility index (Phi) is 7.70. The molecule has 0 saturated carbocycles. The maximum Gasteiger partial charge on any atom is 0.238 e. The number of hydrogen-bond acceptors (Lipinski definition) is 5. The van der Waals surface area contributed by atoms with Crippen molar-refractivity contribution in [3.05, 3.63) is 18.2 Å². The average Bonchev–Trinajstić information content (AvgIpc) is 2.52. The minimum atomic E-state index is -0.296. The summed E-state index contributed by atoms with van der Waals surface area (Å²) in [7, 11) is 3.09. The molecule has 1 rings (SSSR count). The minimum Gasteiger partial charge on any atom is -0.497 e. The molecule has 7 heteroatoms. The summed E-state index contributed by atoms with van der Waals surface area (Å²) >= 11 is 0. The maximum absolute atomic E-state index is 12.3. The van der Waals surface area contributed by atoms with Gasteiger partial charge in [0, 0.05) is 11.6 Å². The molecule has 1 aromatic carbocycles.